The number of hydrogen-bond acceptors (Lipinski definition) is 10. The summed E-state index contributed by atoms with van der Waals surface area (Å²) in [4.78, 5) is 78.7. The quantitative estimate of drug-likeness (QED) is 0.0290. The van der Waals surface area contributed by atoms with Crippen LogP contribution < -0.4 is 10.9 Å². The van der Waals surface area contributed by atoms with Crippen LogP contribution in [0.5, 0.6) is 0 Å². The molecule has 0 aliphatic heterocycles. The predicted octanol–water partition coefficient (Wildman–Crippen LogP) is 16.3. The summed E-state index contributed by atoms with van der Waals surface area (Å²) in [5.74, 6) is -2.62. The molecule has 0 saturated heterocycles. The van der Waals surface area contributed by atoms with Crippen LogP contribution in [0.25, 0.3) is 50.1 Å². The summed E-state index contributed by atoms with van der Waals surface area (Å²) in [5.41, 5.74) is -1.76. The number of fused-ring (bicyclic) bond motifs is 4. The van der Waals surface area contributed by atoms with Gasteiger partial charge in [-0.1, -0.05) is 50.2 Å². The molecule has 0 amide bonds. The second kappa shape index (κ2) is 24.4. The van der Waals surface area contributed by atoms with Crippen LogP contribution in [0.2, 0.25) is 0 Å². The Morgan fingerprint density at radius 3 is 1.17 bits per heavy atom. The van der Waals surface area contributed by atoms with Crippen LogP contribution in [0.4, 0.5) is 26.3 Å². The van der Waals surface area contributed by atoms with Gasteiger partial charge in [0.15, 0.2) is 41.8 Å². The lowest BCUT2D eigenvalue weighted by Gasteiger charge is -2.27. The predicted molar refractivity (Wildman–Crippen MR) is 314 cm³/mol. The van der Waals surface area contributed by atoms with Crippen molar-refractivity contribution in [3.05, 3.63) is 175 Å². The summed E-state index contributed by atoms with van der Waals surface area (Å²) in [6.45, 7) is 6.58. The van der Waals surface area contributed by atoms with Crippen molar-refractivity contribution in [1.29, 1.82) is 0 Å². The zero-order chi connectivity index (χ0) is 57.3. The van der Waals surface area contributed by atoms with Crippen LogP contribution in [0.1, 0.15) is 121 Å². The summed E-state index contributed by atoms with van der Waals surface area (Å²) in [6.07, 6.45) is -0.654. The van der Waals surface area contributed by atoms with Gasteiger partial charge in [0.2, 0.25) is 10.9 Å². The first kappa shape index (κ1) is 60.4. The number of alkyl halides is 6. The lowest BCUT2D eigenvalue weighted by atomic mass is 9.99. The second-order valence-electron chi connectivity index (χ2n) is 20.2. The Hall–Kier alpha value is -6.71. The summed E-state index contributed by atoms with van der Waals surface area (Å²) in [5, 5.41) is 0.626. The molecule has 6 aromatic carbocycles. The van der Waals surface area contributed by atoms with Crippen molar-refractivity contribution in [1.82, 2.24) is 0 Å². The average Bonchev–Trinajstić information content (AvgIpc) is 4.15. The van der Waals surface area contributed by atoms with Gasteiger partial charge in [0.25, 0.3) is 0 Å². The number of halogens is 7. The molecule has 2 fully saturated rings. The molecule has 0 radical (unpaired) electrons. The zero-order valence-corrected chi connectivity index (χ0v) is 48.6. The largest absolute Gasteiger partial charge is 0.457 e. The van der Waals surface area contributed by atoms with E-state index >= 15 is 0 Å². The van der Waals surface area contributed by atoms with Gasteiger partial charge >= 0.3 is 36.2 Å². The van der Waals surface area contributed by atoms with Crippen LogP contribution in [0, 0.1) is 13.8 Å². The molecular weight excluding hydrogens is 1210 g/mol. The van der Waals surface area contributed by atoms with E-state index in [1.165, 1.54) is 12.1 Å². The van der Waals surface area contributed by atoms with E-state index in [4.69, 9.17) is 18.9 Å². The van der Waals surface area contributed by atoms with E-state index in [1.807, 2.05) is 27.7 Å². The van der Waals surface area contributed by atoms with Gasteiger partial charge in [0.1, 0.15) is 11.2 Å². The molecule has 10 nitrogen and oxygen atoms in total. The van der Waals surface area contributed by atoms with Crippen LogP contribution in [-0.4, -0.2) is 48.3 Å². The third-order valence-corrected chi connectivity index (χ3v) is 20.1. The van der Waals surface area contributed by atoms with Crippen molar-refractivity contribution in [2.45, 2.75) is 115 Å². The lowest BCUT2D eigenvalue weighted by molar-refractivity contribution is -0.164. The summed E-state index contributed by atoms with van der Waals surface area (Å²) in [6, 6.07) is 30.0. The molecule has 2 aliphatic carbocycles. The smallest absolute Gasteiger partial charge is 0.416 e. The molecule has 0 bridgehead atoms. The Bertz CT molecular complexity index is 3620. The minimum Gasteiger partial charge on any atom is -0.457 e. The Labute approximate surface area is 484 Å². The van der Waals surface area contributed by atoms with E-state index in [-0.39, 0.29) is 45.9 Å². The van der Waals surface area contributed by atoms with Crippen LogP contribution >= 0.6 is 44.9 Å². The Balaban J connectivity index is 0.000000210. The number of benzene rings is 6. The normalized spacial score (nSPS) is 15.2. The molecule has 0 spiro atoms. The van der Waals surface area contributed by atoms with E-state index < -0.39 is 104 Å². The highest BCUT2D eigenvalue weighted by Gasteiger charge is 2.39. The molecule has 2 unspecified atom stereocenters. The van der Waals surface area contributed by atoms with E-state index in [9.17, 15) is 55.1 Å². The minimum atomic E-state index is -4.60. The molecular formula is C62H57F6IO10S2+2. The van der Waals surface area contributed by atoms with Gasteiger partial charge in [-0.05, 0) is 151 Å². The zero-order valence-electron chi connectivity index (χ0n) is 44.6. The highest BCUT2D eigenvalue weighted by Crippen LogP contribution is 2.48. The van der Waals surface area contributed by atoms with Gasteiger partial charge in [-0.2, -0.15) is 26.3 Å². The minimum absolute atomic E-state index is 0. The maximum Gasteiger partial charge on any atom is 0.416 e. The molecule has 2 aliphatic rings. The van der Waals surface area contributed by atoms with E-state index in [1.54, 1.807) is 84.9 Å². The highest BCUT2D eigenvalue weighted by atomic mass is 127. The molecule has 19 heteroatoms. The van der Waals surface area contributed by atoms with Gasteiger partial charge in [0.05, 0.1) is 43.8 Å². The summed E-state index contributed by atoms with van der Waals surface area (Å²) in [7, 11) is -1.93. The van der Waals surface area contributed by atoms with Crippen LogP contribution in [-0.2, 0) is 40.9 Å². The molecule has 81 heavy (non-hydrogen) atoms. The fraction of sp³-hybridized carbons (Fsp3) is 0.323. The van der Waals surface area contributed by atoms with Crippen molar-refractivity contribution in [2.24, 2.45) is 0 Å². The maximum absolute atomic E-state index is 13.5. The van der Waals surface area contributed by atoms with E-state index in [0.717, 1.165) is 86.8 Å². The molecule has 424 valence electrons. The van der Waals surface area contributed by atoms with Gasteiger partial charge in [0, 0.05) is 44.2 Å². The number of esters is 4. The van der Waals surface area contributed by atoms with E-state index in [2.05, 4.69) is 0 Å². The molecule has 2 heterocycles. The first-order valence-corrected chi connectivity index (χ1v) is 28.7. The number of rotatable bonds is 12. The highest BCUT2D eigenvalue weighted by molar-refractivity contribution is 14.0. The topological polar surface area (TPSA) is 139 Å². The number of carbonyl (C=O) groups is 4. The fourth-order valence-electron chi connectivity index (χ4n) is 10.7. The molecule has 10 rings (SSSR count). The fourth-order valence-corrected chi connectivity index (χ4v) is 15.8. The van der Waals surface area contributed by atoms with Gasteiger partial charge in [-0.15, -0.1) is 24.0 Å². The van der Waals surface area contributed by atoms with Crippen molar-refractivity contribution in [2.75, 3.05) is 13.2 Å². The van der Waals surface area contributed by atoms with Crippen molar-refractivity contribution < 1.29 is 64.5 Å². The third kappa shape index (κ3) is 12.7. The van der Waals surface area contributed by atoms with Gasteiger partial charge < -0.3 is 18.9 Å². The number of hydrogen-bond donors (Lipinski definition) is 0. The van der Waals surface area contributed by atoms with Crippen molar-refractivity contribution in [3.8, 4) is 9.79 Å². The summed E-state index contributed by atoms with van der Waals surface area (Å²) >= 11 is 0. The number of ether oxygens (including phenoxy) is 4. The van der Waals surface area contributed by atoms with Crippen LogP contribution in [0.15, 0.2) is 131 Å². The Kier molecular flexibility index (Phi) is 18.2. The maximum atomic E-state index is 13.5. The second-order valence-corrected chi connectivity index (χ2v) is 24.1. The summed E-state index contributed by atoms with van der Waals surface area (Å²) < 4.78 is 105. The van der Waals surface area contributed by atoms with Crippen LogP contribution in [0.3, 0.4) is 0 Å². The molecule has 2 aromatic heterocycles. The first-order valence-electron chi connectivity index (χ1n) is 26.2. The van der Waals surface area contributed by atoms with Gasteiger partial charge in [-0.25, -0.2) is 19.2 Å². The van der Waals surface area contributed by atoms with E-state index in [0.29, 0.717) is 52.2 Å². The lowest BCUT2D eigenvalue weighted by Crippen LogP contribution is -2.33. The molecule has 2 atom stereocenters. The molecule has 0 N–H and O–H groups in total. The molecule has 8 aromatic rings. The number of aryl methyl sites for hydroxylation is 2. The number of carbonyl (C=O) groups excluding carboxylic acids is 4. The van der Waals surface area contributed by atoms with Crippen molar-refractivity contribution in [3.63, 3.8) is 0 Å². The Morgan fingerprint density at radius 2 is 0.827 bits per heavy atom. The monoisotopic (exact) mass is 1270 g/mol. The Morgan fingerprint density at radius 1 is 0.481 bits per heavy atom. The van der Waals surface area contributed by atoms with Gasteiger partial charge in [-0.3, -0.25) is 9.59 Å². The SMILES string of the molecule is CCC1(OC(=O)COC(=O)c2ccc(C)c(-[s+]3c4ccccc4c(=O)c4cc(C(F)(F)F)ccc43)c2)CCCC1.CCC1(OC(=O)COC(=O)c2ccc(C)c(-[s+]3c4ccccc4c(=O)c4cc(C(F)(F)F)ccc43)c2)CCCC1.I. The average molecular weight is 1270 g/mol. The third-order valence-electron chi connectivity index (χ3n) is 15.2. The standard InChI is InChI=1S/2C31H28F3O5S.HI/c2*1-3-30(14-6-7-15-30)39-27(35)18-38-29(37)20-11-10-19(2)26(16-20)40-24-9-5-4-8-22(24)28(36)23-17-21(31(32,33)34)12-13-25(23)40;/h2*4-5,8-13,16-17H,3,6-7,14-15,18H2,1-2H3;1H/q2*+1;. The van der Waals surface area contributed by atoms with Crippen molar-refractivity contribution >= 4 is 109 Å². The molecule has 2 saturated carbocycles. The first-order chi connectivity index (χ1) is 38.1.